The lowest BCUT2D eigenvalue weighted by molar-refractivity contribution is -0.0968. The number of fused-ring (bicyclic) bond motifs is 1. The number of hydrogen-bond donors (Lipinski definition) is 3. The van der Waals surface area contributed by atoms with Gasteiger partial charge in [-0.15, -0.1) is 0 Å². The van der Waals surface area contributed by atoms with Crippen LogP contribution in [0.25, 0.3) is 0 Å². The van der Waals surface area contributed by atoms with Crippen LogP contribution in [0, 0.1) is 0 Å². The van der Waals surface area contributed by atoms with E-state index in [0.717, 1.165) is 6.54 Å². The second kappa shape index (κ2) is 9.34. The number of ether oxygens (including phenoxy) is 1. The molecule has 180 valence electrons. The van der Waals surface area contributed by atoms with E-state index in [9.17, 15) is 22.4 Å². The molecule has 33 heavy (non-hydrogen) atoms. The van der Waals surface area contributed by atoms with Crippen LogP contribution >= 0.6 is 0 Å². The summed E-state index contributed by atoms with van der Waals surface area (Å²) >= 11 is 0. The highest BCUT2D eigenvalue weighted by Gasteiger charge is 2.41. The van der Waals surface area contributed by atoms with Crippen molar-refractivity contribution >= 4 is 11.8 Å². The first-order chi connectivity index (χ1) is 15.6. The van der Waals surface area contributed by atoms with Gasteiger partial charge in [-0.2, -0.15) is 13.2 Å². The largest absolute Gasteiger partial charge is 0.447 e. The topological polar surface area (TPSA) is 65.6 Å². The zero-order valence-electron chi connectivity index (χ0n) is 18.3. The molecule has 0 radical (unpaired) electrons. The normalized spacial score (nSPS) is 30.6. The molecule has 1 aromatic carbocycles. The molecule has 6 nitrogen and oxygen atoms in total. The number of alkyl carbamates (subject to hydrolysis) is 1. The third kappa shape index (κ3) is 5.33. The van der Waals surface area contributed by atoms with Gasteiger partial charge in [0.15, 0.2) is 0 Å². The Morgan fingerprint density at radius 2 is 2.06 bits per heavy atom. The molecular weight excluding hydrogens is 440 g/mol. The molecule has 0 aliphatic carbocycles. The molecule has 3 heterocycles. The van der Waals surface area contributed by atoms with Crippen LogP contribution in [0.3, 0.4) is 0 Å². The Bertz CT molecular complexity index is 936. The molecular formula is C23H28F4N4O2. The van der Waals surface area contributed by atoms with Gasteiger partial charge in [0.05, 0.1) is 18.1 Å². The van der Waals surface area contributed by atoms with Crippen LogP contribution in [-0.2, 0) is 11.2 Å². The van der Waals surface area contributed by atoms with Gasteiger partial charge in [0.2, 0.25) is 0 Å². The SMILES string of the molecule is C=C(C1NC(/C=C/C2COC(=O)N2)Cc2c(N[C@@H]3CCN(C)C[C@@H]3F)cccc21)C(F)(F)F. The quantitative estimate of drug-likeness (QED) is 0.456. The van der Waals surface area contributed by atoms with Crippen molar-refractivity contribution < 1.29 is 27.1 Å². The number of piperidine rings is 1. The summed E-state index contributed by atoms with van der Waals surface area (Å²) in [5.41, 5.74) is 0.938. The highest BCUT2D eigenvalue weighted by Crippen LogP contribution is 2.40. The smallest absolute Gasteiger partial charge is 0.413 e. The number of amides is 1. The predicted molar refractivity (Wildman–Crippen MR) is 117 cm³/mol. The number of carbonyl (C=O) groups excluding carboxylic acids is 1. The lowest BCUT2D eigenvalue weighted by Gasteiger charge is -2.37. The number of nitrogens with one attached hydrogen (secondary N) is 3. The third-order valence-corrected chi connectivity index (χ3v) is 6.40. The molecule has 5 atom stereocenters. The molecule has 3 unspecified atom stereocenters. The fraction of sp³-hybridized carbons (Fsp3) is 0.522. The minimum Gasteiger partial charge on any atom is -0.447 e. The summed E-state index contributed by atoms with van der Waals surface area (Å²) in [7, 11) is 1.86. The van der Waals surface area contributed by atoms with Crippen molar-refractivity contribution in [1.82, 2.24) is 15.5 Å². The number of carbonyl (C=O) groups is 1. The van der Waals surface area contributed by atoms with Crippen LogP contribution < -0.4 is 16.0 Å². The molecule has 1 aromatic rings. The van der Waals surface area contributed by atoms with E-state index in [0.29, 0.717) is 36.2 Å². The molecule has 1 amide bonds. The summed E-state index contributed by atoms with van der Waals surface area (Å²) < 4.78 is 60.3. The molecule has 0 saturated carbocycles. The first kappa shape index (κ1) is 23.6. The van der Waals surface area contributed by atoms with Gasteiger partial charge in [0.25, 0.3) is 0 Å². The Kier molecular flexibility index (Phi) is 6.67. The van der Waals surface area contributed by atoms with E-state index in [4.69, 9.17) is 4.74 Å². The number of halogens is 4. The Morgan fingerprint density at radius 1 is 1.30 bits per heavy atom. The van der Waals surface area contributed by atoms with E-state index in [2.05, 4.69) is 22.5 Å². The minimum atomic E-state index is -4.57. The number of alkyl halides is 4. The number of nitrogens with zero attached hydrogens (tertiary/aromatic N) is 1. The second-order valence-electron chi connectivity index (χ2n) is 8.86. The maximum Gasteiger partial charge on any atom is 0.413 e. The number of rotatable bonds is 5. The Balaban J connectivity index is 1.62. The molecule has 0 aromatic heterocycles. The van der Waals surface area contributed by atoms with Crippen LogP contribution in [0.5, 0.6) is 0 Å². The fourth-order valence-electron chi connectivity index (χ4n) is 4.59. The number of likely N-dealkylation sites (tertiary alicyclic amines) is 1. The summed E-state index contributed by atoms with van der Waals surface area (Å²) in [6.45, 7) is 4.53. The molecule has 10 heteroatoms. The predicted octanol–water partition coefficient (Wildman–Crippen LogP) is 3.48. The van der Waals surface area contributed by atoms with Gasteiger partial charge in [-0.05, 0) is 37.1 Å². The number of hydrogen-bond acceptors (Lipinski definition) is 5. The summed E-state index contributed by atoms with van der Waals surface area (Å²) in [5.74, 6) is 0. The molecule has 2 saturated heterocycles. The van der Waals surface area contributed by atoms with Crippen molar-refractivity contribution in [3.8, 4) is 0 Å². The maximum absolute atomic E-state index is 14.6. The van der Waals surface area contributed by atoms with Crippen LogP contribution in [0.1, 0.15) is 23.6 Å². The molecule has 3 N–H and O–H groups in total. The number of cyclic esters (lactones) is 1. The zero-order chi connectivity index (χ0) is 23.8. The first-order valence-corrected chi connectivity index (χ1v) is 11.0. The number of anilines is 1. The van der Waals surface area contributed by atoms with E-state index in [1.807, 2.05) is 11.9 Å². The van der Waals surface area contributed by atoms with E-state index in [-0.39, 0.29) is 12.6 Å². The van der Waals surface area contributed by atoms with Crippen LogP contribution in [0.15, 0.2) is 42.5 Å². The molecule has 0 spiro atoms. The minimum absolute atomic E-state index is 0.165. The standard InChI is InChI=1S/C23H28F4N4O2/c1-13(23(25,26)27)21-16-4-3-5-19(30-20-8-9-31(2)11-18(20)24)17(16)10-14(28-21)6-7-15-12-33-22(32)29-15/h3-7,14-15,18,20-21,28,30H,1,8-12H2,2H3,(H,29,32)/b7-6+/t14?,15?,18-,20+,21?/m0/s1. The average molecular weight is 468 g/mol. The summed E-state index contributed by atoms with van der Waals surface area (Å²) in [4.78, 5) is 13.2. The van der Waals surface area contributed by atoms with Crippen molar-refractivity contribution in [2.75, 3.05) is 32.1 Å². The fourth-order valence-corrected chi connectivity index (χ4v) is 4.59. The average Bonchev–Trinajstić information content (AvgIpc) is 3.18. The molecule has 3 aliphatic heterocycles. The summed E-state index contributed by atoms with van der Waals surface area (Å²) in [6, 6.07) is 2.79. The Hall–Kier alpha value is -2.59. The highest BCUT2D eigenvalue weighted by molar-refractivity contribution is 5.70. The highest BCUT2D eigenvalue weighted by atomic mass is 19.4. The van der Waals surface area contributed by atoms with Gasteiger partial charge in [0.1, 0.15) is 12.8 Å². The van der Waals surface area contributed by atoms with Crippen molar-refractivity contribution in [2.24, 2.45) is 0 Å². The Morgan fingerprint density at radius 3 is 2.73 bits per heavy atom. The Labute approximate surface area is 190 Å². The summed E-state index contributed by atoms with van der Waals surface area (Å²) in [6.07, 6.45) is -1.72. The summed E-state index contributed by atoms with van der Waals surface area (Å²) in [5, 5.41) is 8.90. The zero-order valence-corrected chi connectivity index (χ0v) is 18.3. The molecule has 3 aliphatic rings. The first-order valence-electron chi connectivity index (χ1n) is 11.0. The van der Waals surface area contributed by atoms with Gasteiger partial charge < -0.3 is 20.3 Å². The molecule has 0 bridgehead atoms. The van der Waals surface area contributed by atoms with Crippen LogP contribution in [-0.4, -0.2) is 68.2 Å². The van der Waals surface area contributed by atoms with Crippen molar-refractivity contribution in [3.05, 3.63) is 53.6 Å². The van der Waals surface area contributed by atoms with E-state index in [1.165, 1.54) is 0 Å². The van der Waals surface area contributed by atoms with Gasteiger partial charge in [-0.25, -0.2) is 9.18 Å². The van der Waals surface area contributed by atoms with Crippen molar-refractivity contribution in [3.63, 3.8) is 0 Å². The lowest BCUT2D eigenvalue weighted by atomic mass is 9.85. The van der Waals surface area contributed by atoms with Gasteiger partial charge in [-0.1, -0.05) is 30.9 Å². The second-order valence-corrected chi connectivity index (χ2v) is 8.86. The van der Waals surface area contributed by atoms with Gasteiger partial charge in [-0.3, -0.25) is 5.32 Å². The lowest BCUT2D eigenvalue weighted by Crippen LogP contribution is -2.47. The number of benzene rings is 1. The maximum atomic E-state index is 14.6. The van der Waals surface area contributed by atoms with Crippen LogP contribution in [0.2, 0.25) is 0 Å². The van der Waals surface area contributed by atoms with Crippen molar-refractivity contribution in [2.45, 2.75) is 49.4 Å². The monoisotopic (exact) mass is 468 g/mol. The van der Waals surface area contributed by atoms with E-state index >= 15 is 0 Å². The van der Waals surface area contributed by atoms with E-state index in [1.54, 1.807) is 30.4 Å². The van der Waals surface area contributed by atoms with Crippen LogP contribution in [0.4, 0.5) is 28.0 Å². The third-order valence-electron chi connectivity index (χ3n) is 6.40. The van der Waals surface area contributed by atoms with Crippen molar-refractivity contribution in [1.29, 1.82) is 0 Å². The van der Waals surface area contributed by atoms with Gasteiger partial charge in [0, 0.05) is 30.4 Å². The molecule has 2 fully saturated rings. The van der Waals surface area contributed by atoms with Gasteiger partial charge >= 0.3 is 12.3 Å². The van der Waals surface area contributed by atoms with E-state index < -0.39 is 42.1 Å². The molecule has 4 rings (SSSR count).